The molecule has 0 bridgehead atoms. The monoisotopic (exact) mass is 306 g/mol. The van der Waals surface area contributed by atoms with Crippen LogP contribution >= 0.6 is 0 Å². The van der Waals surface area contributed by atoms with Crippen LogP contribution in [-0.2, 0) is 0 Å². The van der Waals surface area contributed by atoms with E-state index in [4.69, 9.17) is 0 Å². The minimum atomic E-state index is 0.0870. The van der Waals surface area contributed by atoms with Gasteiger partial charge >= 0.3 is 0 Å². The summed E-state index contributed by atoms with van der Waals surface area (Å²) in [6, 6.07) is 15.3. The first kappa shape index (κ1) is 13.4. The van der Waals surface area contributed by atoms with E-state index in [-0.39, 0.29) is 11.8 Å². The Balaban J connectivity index is 1.52. The van der Waals surface area contributed by atoms with Crippen molar-refractivity contribution in [3.8, 4) is 17.1 Å². The molecule has 0 spiro atoms. The van der Waals surface area contributed by atoms with Gasteiger partial charge in [0.25, 0.3) is 0 Å². The summed E-state index contributed by atoms with van der Waals surface area (Å²) in [5, 5.41) is 28.2. The van der Waals surface area contributed by atoms with Gasteiger partial charge in [0.1, 0.15) is 5.75 Å². The van der Waals surface area contributed by atoms with Gasteiger partial charge in [-0.3, -0.25) is 0 Å². The largest absolute Gasteiger partial charge is 0.507 e. The van der Waals surface area contributed by atoms with Crippen molar-refractivity contribution in [2.24, 2.45) is 5.10 Å². The van der Waals surface area contributed by atoms with Gasteiger partial charge in [0.05, 0.1) is 11.8 Å². The Labute approximate surface area is 132 Å². The number of aromatic amines is 1. The first-order valence-electron chi connectivity index (χ1n) is 7.25. The van der Waals surface area contributed by atoms with Crippen molar-refractivity contribution in [2.75, 3.05) is 0 Å². The predicted molar refractivity (Wildman–Crippen MR) is 84.8 cm³/mol. The lowest BCUT2D eigenvalue weighted by molar-refractivity contribution is 0.474. The molecule has 7 heteroatoms. The molecule has 4 rings (SSSR count). The first-order chi connectivity index (χ1) is 11.3. The van der Waals surface area contributed by atoms with Crippen molar-refractivity contribution in [3.05, 3.63) is 59.7 Å². The van der Waals surface area contributed by atoms with Gasteiger partial charge in [0.2, 0.25) is 5.82 Å². The maximum Gasteiger partial charge on any atom is 0.204 e. The number of hydrogen-bond acceptors (Lipinski definition) is 6. The Morgan fingerprint density at radius 1 is 1.04 bits per heavy atom. The number of nitrogens with zero attached hydrogens (tertiary/aromatic N) is 4. The maximum absolute atomic E-state index is 9.94. The number of para-hydroxylation sites is 1. The summed E-state index contributed by atoms with van der Waals surface area (Å²) in [7, 11) is 0. The van der Waals surface area contributed by atoms with E-state index in [0.717, 1.165) is 28.8 Å². The molecule has 0 fully saturated rings. The molecule has 1 aliphatic heterocycles. The number of benzene rings is 2. The summed E-state index contributed by atoms with van der Waals surface area (Å²) in [6.07, 6.45) is 0.721. The number of nitrogens with one attached hydrogen (secondary N) is 2. The molecular formula is C16H14N6O. The SMILES string of the molecule is Oc1ccccc1C1=NNC(c2ccc(-c3nn[nH]n3)cc2)C1. The van der Waals surface area contributed by atoms with E-state index < -0.39 is 0 Å². The van der Waals surface area contributed by atoms with Crippen LogP contribution < -0.4 is 5.43 Å². The second-order valence-corrected chi connectivity index (χ2v) is 5.32. The van der Waals surface area contributed by atoms with E-state index >= 15 is 0 Å². The number of aromatic nitrogens is 4. The number of rotatable bonds is 3. The number of tetrazole rings is 1. The lowest BCUT2D eigenvalue weighted by atomic mass is 9.98. The molecule has 1 unspecified atom stereocenters. The van der Waals surface area contributed by atoms with Crippen LogP contribution in [0.25, 0.3) is 11.4 Å². The van der Waals surface area contributed by atoms with E-state index in [2.05, 4.69) is 31.2 Å². The Bertz CT molecular complexity index is 841. The molecule has 2 aromatic carbocycles. The quantitative estimate of drug-likeness (QED) is 0.687. The van der Waals surface area contributed by atoms with Crippen LogP contribution in [0.5, 0.6) is 5.75 Å². The van der Waals surface area contributed by atoms with E-state index in [1.807, 2.05) is 36.4 Å². The van der Waals surface area contributed by atoms with E-state index in [0.29, 0.717) is 5.82 Å². The normalized spacial score (nSPS) is 16.9. The molecule has 1 aromatic heterocycles. The second kappa shape index (κ2) is 5.53. The third-order valence-electron chi connectivity index (χ3n) is 3.88. The molecule has 3 aromatic rings. The summed E-state index contributed by atoms with van der Waals surface area (Å²) in [5.41, 5.74) is 6.78. The average molecular weight is 306 g/mol. The molecule has 0 saturated heterocycles. The second-order valence-electron chi connectivity index (χ2n) is 5.32. The van der Waals surface area contributed by atoms with Gasteiger partial charge in [-0.1, -0.05) is 36.4 Å². The third-order valence-corrected chi connectivity index (χ3v) is 3.88. The van der Waals surface area contributed by atoms with Gasteiger partial charge in [-0.2, -0.15) is 10.3 Å². The van der Waals surface area contributed by atoms with Crippen molar-refractivity contribution in [1.29, 1.82) is 0 Å². The van der Waals surface area contributed by atoms with Crippen LogP contribution in [0.4, 0.5) is 0 Å². The summed E-state index contributed by atoms with van der Waals surface area (Å²) < 4.78 is 0. The molecule has 1 atom stereocenters. The van der Waals surface area contributed by atoms with E-state index in [1.165, 1.54) is 0 Å². The van der Waals surface area contributed by atoms with Gasteiger partial charge < -0.3 is 10.5 Å². The number of hydrazone groups is 1. The molecule has 7 nitrogen and oxygen atoms in total. The number of H-pyrrole nitrogens is 1. The number of phenols is 1. The van der Waals surface area contributed by atoms with Crippen molar-refractivity contribution in [2.45, 2.75) is 12.5 Å². The molecule has 0 saturated carbocycles. The zero-order chi connectivity index (χ0) is 15.6. The minimum absolute atomic E-state index is 0.0870. The van der Waals surface area contributed by atoms with Crippen molar-refractivity contribution < 1.29 is 5.11 Å². The predicted octanol–water partition coefficient (Wildman–Crippen LogP) is 2.01. The van der Waals surface area contributed by atoms with Crippen LogP contribution in [0.15, 0.2) is 53.6 Å². The molecule has 0 aliphatic carbocycles. The lowest BCUT2D eigenvalue weighted by Gasteiger charge is -2.10. The summed E-state index contributed by atoms with van der Waals surface area (Å²) >= 11 is 0. The molecule has 2 heterocycles. The third kappa shape index (κ3) is 2.52. The summed E-state index contributed by atoms with van der Waals surface area (Å²) in [6.45, 7) is 0. The highest BCUT2D eigenvalue weighted by atomic mass is 16.3. The van der Waals surface area contributed by atoms with Crippen LogP contribution in [-0.4, -0.2) is 31.4 Å². The fourth-order valence-corrected chi connectivity index (χ4v) is 2.67. The van der Waals surface area contributed by atoms with Crippen molar-refractivity contribution >= 4 is 5.71 Å². The Kier molecular flexibility index (Phi) is 3.23. The molecule has 1 aliphatic rings. The minimum Gasteiger partial charge on any atom is -0.507 e. The molecule has 114 valence electrons. The van der Waals surface area contributed by atoms with Gasteiger partial charge in [-0.15, -0.1) is 10.2 Å². The van der Waals surface area contributed by atoms with Crippen LogP contribution in [0, 0.1) is 0 Å². The zero-order valence-electron chi connectivity index (χ0n) is 12.1. The molecule has 0 radical (unpaired) electrons. The van der Waals surface area contributed by atoms with E-state index in [9.17, 15) is 5.11 Å². The highest BCUT2D eigenvalue weighted by Gasteiger charge is 2.22. The molecule has 0 amide bonds. The fourth-order valence-electron chi connectivity index (χ4n) is 2.67. The highest BCUT2D eigenvalue weighted by Crippen LogP contribution is 2.28. The summed E-state index contributed by atoms with van der Waals surface area (Å²) in [4.78, 5) is 0. The fraction of sp³-hybridized carbons (Fsp3) is 0.125. The van der Waals surface area contributed by atoms with Crippen LogP contribution in [0.3, 0.4) is 0 Å². The molecule has 3 N–H and O–H groups in total. The molecular weight excluding hydrogens is 292 g/mol. The van der Waals surface area contributed by atoms with E-state index in [1.54, 1.807) is 12.1 Å². The van der Waals surface area contributed by atoms with Gasteiger partial charge in [-0.05, 0) is 22.9 Å². The Morgan fingerprint density at radius 2 is 1.87 bits per heavy atom. The zero-order valence-corrected chi connectivity index (χ0v) is 12.1. The number of hydrogen-bond donors (Lipinski definition) is 3. The van der Waals surface area contributed by atoms with Crippen molar-refractivity contribution in [1.82, 2.24) is 26.0 Å². The Hall–Kier alpha value is -3.22. The smallest absolute Gasteiger partial charge is 0.204 e. The van der Waals surface area contributed by atoms with Crippen molar-refractivity contribution in [3.63, 3.8) is 0 Å². The number of aromatic hydroxyl groups is 1. The van der Waals surface area contributed by atoms with Gasteiger partial charge in [0, 0.05) is 17.5 Å². The lowest BCUT2D eigenvalue weighted by Crippen LogP contribution is -2.09. The van der Waals surface area contributed by atoms with Gasteiger partial charge in [-0.25, -0.2) is 0 Å². The summed E-state index contributed by atoms with van der Waals surface area (Å²) in [5.74, 6) is 0.822. The average Bonchev–Trinajstić information content (AvgIpc) is 3.27. The topological polar surface area (TPSA) is 99.1 Å². The first-order valence-corrected chi connectivity index (χ1v) is 7.25. The molecule has 23 heavy (non-hydrogen) atoms. The van der Waals surface area contributed by atoms with Crippen LogP contribution in [0.2, 0.25) is 0 Å². The van der Waals surface area contributed by atoms with Crippen LogP contribution in [0.1, 0.15) is 23.6 Å². The highest BCUT2D eigenvalue weighted by molar-refractivity contribution is 6.03. The standard InChI is InChI=1S/C16H14N6O/c23-15-4-2-1-3-12(15)14-9-13(17-18-14)10-5-7-11(8-6-10)16-19-21-22-20-16/h1-8,13,17,23H,9H2,(H,19,20,21,22). The number of phenolic OH excluding ortho intramolecular Hbond substituents is 1. The Morgan fingerprint density at radius 3 is 2.61 bits per heavy atom. The van der Waals surface area contributed by atoms with Gasteiger partial charge in [0.15, 0.2) is 0 Å². The maximum atomic E-state index is 9.94.